The van der Waals surface area contributed by atoms with Crippen molar-refractivity contribution < 1.29 is 8.42 Å². The minimum atomic E-state index is -3.54. The highest BCUT2D eigenvalue weighted by molar-refractivity contribution is 7.89. The Labute approximate surface area is 108 Å². The highest BCUT2D eigenvalue weighted by Gasteiger charge is 2.36. The molecular weight excluding hydrogens is 248 g/mol. The lowest BCUT2D eigenvalue weighted by Gasteiger charge is -2.38. The lowest BCUT2D eigenvalue weighted by molar-refractivity contribution is 0.248. The van der Waals surface area contributed by atoms with Crippen LogP contribution in [0.3, 0.4) is 0 Å². The third kappa shape index (κ3) is 2.40. The Balaban J connectivity index is 2.38. The van der Waals surface area contributed by atoms with E-state index in [2.05, 4.69) is 4.72 Å². The Bertz CT molecular complexity index is 610. The van der Waals surface area contributed by atoms with E-state index in [0.717, 1.165) is 19.3 Å². The van der Waals surface area contributed by atoms with Gasteiger partial charge in [-0.1, -0.05) is 6.07 Å². The topological polar surface area (TPSA) is 70.0 Å². The summed E-state index contributed by atoms with van der Waals surface area (Å²) in [7, 11) is -3.54. The summed E-state index contributed by atoms with van der Waals surface area (Å²) in [5, 5.41) is 8.84. The Morgan fingerprint density at radius 2 is 2.06 bits per heavy atom. The first kappa shape index (κ1) is 13.1. The van der Waals surface area contributed by atoms with Crippen molar-refractivity contribution in [3.63, 3.8) is 0 Å². The van der Waals surface area contributed by atoms with Gasteiger partial charge < -0.3 is 0 Å². The lowest BCUT2D eigenvalue weighted by atomic mass is 9.80. The molecule has 0 aromatic heterocycles. The van der Waals surface area contributed by atoms with Crippen LogP contribution in [0.4, 0.5) is 0 Å². The molecule has 5 heteroatoms. The molecule has 0 aliphatic heterocycles. The minimum Gasteiger partial charge on any atom is -0.207 e. The van der Waals surface area contributed by atoms with E-state index < -0.39 is 10.0 Å². The van der Waals surface area contributed by atoms with Gasteiger partial charge in [0, 0.05) is 5.54 Å². The summed E-state index contributed by atoms with van der Waals surface area (Å²) in [4.78, 5) is 0.203. The zero-order chi connectivity index (χ0) is 13.4. The van der Waals surface area contributed by atoms with Crippen LogP contribution >= 0.6 is 0 Å². The van der Waals surface area contributed by atoms with Gasteiger partial charge in [0.05, 0.1) is 16.5 Å². The van der Waals surface area contributed by atoms with E-state index >= 15 is 0 Å². The molecule has 0 radical (unpaired) electrons. The molecule has 0 atom stereocenters. The summed E-state index contributed by atoms with van der Waals surface area (Å²) in [5.41, 5.74) is 0.692. The molecule has 1 N–H and O–H groups in total. The van der Waals surface area contributed by atoms with Crippen molar-refractivity contribution in [3.8, 4) is 6.07 Å². The number of aryl methyl sites for hydroxylation is 1. The molecule has 4 nitrogen and oxygen atoms in total. The fourth-order valence-corrected chi connectivity index (χ4v) is 3.88. The molecule has 1 aliphatic rings. The molecular formula is C13H16N2O2S. The molecule has 2 rings (SSSR count). The smallest absolute Gasteiger partial charge is 0.207 e. The number of benzene rings is 1. The first-order chi connectivity index (χ1) is 8.36. The number of nitrogens with one attached hydrogen (secondary N) is 1. The van der Waals surface area contributed by atoms with Crippen LogP contribution in [0.2, 0.25) is 0 Å². The number of hydrogen-bond acceptors (Lipinski definition) is 3. The van der Waals surface area contributed by atoms with E-state index in [9.17, 15) is 8.42 Å². The van der Waals surface area contributed by atoms with Gasteiger partial charge in [-0.25, -0.2) is 13.1 Å². The summed E-state index contributed by atoms with van der Waals surface area (Å²) >= 11 is 0. The molecule has 1 saturated carbocycles. The fraction of sp³-hybridized carbons (Fsp3) is 0.462. The molecule has 96 valence electrons. The van der Waals surface area contributed by atoms with Crippen LogP contribution in [0.5, 0.6) is 0 Å². The van der Waals surface area contributed by atoms with Crippen LogP contribution in [0.25, 0.3) is 0 Å². The number of rotatable bonds is 3. The van der Waals surface area contributed by atoms with Crippen molar-refractivity contribution in [2.24, 2.45) is 0 Å². The molecule has 1 aliphatic carbocycles. The predicted molar refractivity (Wildman–Crippen MR) is 68.5 cm³/mol. The molecule has 1 fully saturated rings. The van der Waals surface area contributed by atoms with Gasteiger partial charge in [-0.05, 0) is 50.8 Å². The summed E-state index contributed by atoms with van der Waals surface area (Å²) in [6.45, 7) is 3.65. The Morgan fingerprint density at radius 3 is 2.56 bits per heavy atom. The number of nitriles is 1. The predicted octanol–water partition coefficient (Wildman–Crippen LogP) is 2.09. The van der Waals surface area contributed by atoms with Gasteiger partial charge in [0.15, 0.2) is 0 Å². The van der Waals surface area contributed by atoms with E-state index in [1.807, 2.05) is 13.0 Å². The molecule has 0 amide bonds. The van der Waals surface area contributed by atoms with E-state index in [-0.39, 0.29) is 10.4 Å². The quantitative estimate of drug-likeness (QED) is 0.908. The van der Waals surface area contributed by atoms with Crippen molar-refractivity contribution in [3.05, 3.63) is 29.3 Å². The monoisotopic (exact) mass is 264 g/mol. The van der Waals surface area contributed by atoms with Crippen molar-refractivity contribution in [2.75, 3.05) is 0 Å². The zero-order valence-corrected chi connectivity index (χ0v) is 11.3. The van der Waals surface area contributed by atoms with Crippen molar-refractivity contribution in [1.82, 2.24) is 4.72 Å². The van der Waals surface area contributed by atoms with Gasteiger partial charge in [0.2, 0.25) is 10.0 Å². The van der Waals surface area contributed by atoms with Crippen LogP contribution in [-0.2, 0) is 10.0 Å². The highest BCUT2D eigenvalue weighted by Crippen LogP contribution is 2.33. The average molecular weight is 264 g/mol. The number of nitrogens with zero attached hydrogens (tertiary/aromatic N) is 1. The molecule has 0 unspecified atom stereocenters. The Kier molecular flexibility index (Phi) is 3.18. The second-order valence-corrected chi connectivity index (χ2v) is 6.76. The Morgan fingerprint density at radius 1 is 1.39 bits per heavy atom. The van der Waals surface area contributed by atoms with Gasteiger partial charge in [-0.2, -0.15) is 5.26 Å². The average Bonchev–Trinajstić information content (AvgIpc) is 2.27. The second-order valence-electron chi connectivity index (χ2n) is 5.11. The van der Waals surface area contributed by atoms with Gasteiger partial charge in [0.25, 0.3) is 0 Å². The van der Waals surface area contributed by atoms with E-state index in [0.29, 0.717) is 11.1 Å². The first-order valence-corrected chi connectivity index (χ1v) is 7.39. The lowest BCUT2D eigenvalue weighted by Crippen LogP contribution is -2.50. The molecule has 1 aromatic rings. The molecule has 0 bridgehead atoms. The van der Waals surface area contributed by atoms with E-state index in [1.165, 1.54) is 6.07 Å². The van der Waals surface area contributed by atoms with E-state index in [4.69, 9.17) is 5.26 Å². The fourth-order valence-electron chi connectivity index (χ4n) is 2.15. The largest absolute Gasteiger partial charge is 0.241 e. The normalized spacial score (nSPS) is 17.8. The molecule has 1 aromatic carbocycles. The van der Waals surface area contributed by atoms with Crippen LogP contribution in [0, 0.1) is 18.3 Å². The molecule has 18 heavy (non-hydrogen) atoms. The van der Waals surface area contributed by atoms with Crippen LogP contribution < -0.4 is 4.72 Å². The van der Waals surface area contributed by atoms with Gasteiger partial charge >= 0.3 is 0 Å². The maximum Gasteiger partial charge on any atom is 0.241 e. The summed E-state index contributed by atoms with van der Waals surface area (Å²) < 4.78 is 27.4. The first-order valence-electron chi connectivity index (χ1n) is 5.91. The summed E-state index contributed by atoms with van der Waals surface area (Å²) in [6, 6.07) is 6.68. The Hall–Kier alpha value is -1.38. The second kappa shape index (κ2) is 4.38. The van der Waals surface area contributed by atoms with Crippen molar-refractivity contribution >= 4 is 10.0 Å². The molecule has 0 heterocycles. The maximum atomic E-state index is 12.3. The van der Waals surface area contributed by atoms with Crippen LogP contribution in [0.15, 0.2) is 23.1 Å². The van der Waals surface area contributed by atoms with Gasteiger partial charge in [0.1, 0.15) is 0 Å². The standard InChI is InChI=1S/C13H16N2O2S/c1-10-4-5-11(9-14)8-12(10)18(16,17)15-13(2)6-3-7-13/h4-5,8,15H,3,6-7H2,1-2H3. The maximum absolute atomic E-state index is 12.3. The summed E-state index contributed by atoms with van der Waals surface area (Å²) in [6.07, 6.45) is 2.78. The SMILES string of the molecule is Cc1ccc(C#N)cc1S(=O)(=O)NC1(C)CCC1. The minimum absolute atomic E-state index is 0.203. The van der Waals surface area contributed by atoms with Gasteiger partial charge in [-0.15, -0.1) is 0 Å². The third-order valence-electron chi connectivity index (χ3n) is 3.44. The van der Waals surface area contributed by atoms with Gasteiger partial charge in [-0.3, -0.25) is 0 Å². The number of sulfonamides is 1. The van der Waals surface area contributed by atoms with Crippen LogP contribution in [0.1, 0.15) is 37.3 Å². The van der Waals surface area contributed by atoms with Crippen molar-refractivity contribution in [2.45, 2.75) is 43.5 Å². The number of hydrogen-bond donors (Lipinski definition) is 1. The highest BCUT2D eigenvalue weighted by atomic mass is 32.2. The third-order valence-corrected chi connectivity index (χ3v) is 5.23. The molecule has 0 spiro atoms. The molecule has 0 saturated heterocycles. The van der Waals surface area contributed by atoms with E-state index in [1.54, 1.807) is 19.1 Å². The zero-order valence-electron chi connectivity index (χ0n) is 10.5. The van der Waals surface area contributed by atoms with Crippen molar-refractivity contribution in [1.29, 1.82) is 5.26 Å². The van der Waals surface area contributed by atoms with Crippen LogP contribution in [-0.4, -0.2) is 14.0 Å². The summed E-state index contributed by atoms with van der Waals surface area (Å²) in [5.74, 6) is 0.